The molecule has 0 bridgehead atoms. The highest BCUT2D eigenvalue weighted by Crippen LogP contribution is 2.27. The zero-order valence-corrected chi connectivity index (χ0v) is 22.2. The zero-order chi connectivity index (χ0) is 26.3. The van der Waals surface area contributed by atoms with Crippen molar-refractivity contribution in [3.8, 4) is 0 Å². The summed E-state index contributed by atoms with van der Waals surface area (Å²) in [5.41, 5.74) is 1.35. The van der Waals surface area contributed by atoms with Gasteiger partial charge in [0, 0.05) is 12.1 Å². The first-order chi connectivity index (χ1) is 15.6. The van der Waals surface area contributed by atoms with Crippen LogP contribution in [0, 0.1) is 13.8 Å². The van der Waals surface area contributed by atoms with E-state index in [2.05, 4.69) is 10.6 Å². The molecule has 0 saturated carbocycles. The number of rotatable bonds is 9. The fourth-order valence-electron chi connectivity index (χ4n) is 3.55. The fourth-order valence-corrected chi connectivity index (χ4v) is 3.55. The van der Waals surface area contributed by atoms with Crippen LogP contribution in [0.4, 0.5) is 4.79 Å². The highest BCUT2D eigenvalue weighted by molar-refractivity contribution is 5.92. The van der Waals surface area contributed by atoms with Crippen LogP contribution < -0.4 is 10.6 Å². The second-order valence-electron chi connectivity index (χ2n) is 10.8. The first-order valence-electron chi connectivity index (χ1n) is 11.9. The van der Waals surface area contributed by atoms with Crippen LogP contribution in [0.25, 0.3) is 0 Å². The monoisotopic (exact) mass is 477 g/mol. The topological polar surface area (TPSA) is 108 Å². The van der Waals surface area contributed by atoms with E-state index in [0.29, 0.717) is 12.0 Å². The van der Waals surface area contributed by atoms with Crippen molar-refractivity contribution in [3.63, 3.8) is 0 Å². The molecule has 1 rings (SSSR count). The van der Waals surface area contributed by atoms with Crippen molar-refractivity contribution in [3.05, 3.63) is 34.9 Å². The zero-order valence-electron chi connectivity index (χ0n) is 22.2. The molecule has 34 heavy (non-hydrogen) atoms. The molecule has 0 heterocycles. The van der Waals surface area contributed by atoms with Gasteiger partial charge in [0.05, 0.1) is 6.61 Å². The van der Waals surface area contributed by atoms with Gasteiger partial charge in [-0.1, -0.05) is 37.1 Å². The summed E-state index contributed by atoms with van der Waals surface area (Å²) in [6.45, 7) is 16.3. The summed E-state index contributed by atoms with van der Waals surface area (Å²) >= 11 is 0. The van der Waals surface area contributed by atoms with Crippen molar-refractivity contribution in [1.29, 1.82) is 0 Å². The smallest absolute Gasteiger partial charge is 0.408 e. The lowest BCUT2D eigenvalue weighted by Crippen LogP contribution is -2.56. The van der Waals surface area contributed by atoms with E-state index in [1.807, 2.05) is 59.7 Å². The molecule has 0 spiro atoms. The number of nitrogens with one attached hydrogen (secondary N) is 2. The lowest BCUT2D eigenvalue weighted by molar-refractivity contribution is -0.144. The van der Waals surface area contributed by atoms with Gasteiger partial charge in [-0.2, -0.15) is 0 Å². The van der Waals surface area contributed by atoms with E-state index in [1.165, 1.54) is 4.90 Å². The molecule has 0 aliphatic rings. The molecule has 3 N–H and O–H groups in total. The minimum atomic E-state index is -1.25. The summed E-state index contributed by atoms with van der Waals surface area (Å²) in [5.74, 6) is -0.867. The van der Waals surface area contributed by atoms with Gasteiger partial charge in [-0.25, -0.2) is 4.79 Å². The van der Waals surface area contributed by atoms with Gasteiger partial charge in [0.2, 0.25) is 11.8 Å². The van der Waals surface area contributed by atoms with Crippen LogP contribution in [0.15, 0.2) is 18.2 Å². The largest absolute Gasteiger partial charge is 0.444 e. The third-order valence-electron chi connectivity index (χ3n) is 4.99. The molecule has 0 radical (unpaired) electrons. The number of hydrogen-bond acceptors (Lipinski definition) is 5. The third-order valence-corrected chi connectivity index (χ3v) is 4.99. The van der Waals surface area contributed by atoms with E-state index in [0.717, 1.165) is 17.5 Å². The molecule has 0 fully saturated rings. The normalized spacial score (nSPS) is 13.6. The summed E-state index contributed by atoms with van der Waals surface area (Å²) in [6, 6.07) is 3.57. The van der Waals surface area contributed by atoms with Gasteiger partial charge in [-0.15, -0.1) is 0 Å². The summed E-state index contributed by atoms with van der Waals surface area (Å²) < 4.78 is 5.26. The molecule has 1 aromatic carbocycles. The van der Waals surface area contributed by atoms with Gasteiger partial charge in [0.25, 0.3) is 0 Å². The number of unbranched alkanes of at least 4 members (excludes halogenated alkanes) is 1. The predicted octanol–water partition coefficient (Wildman–Crippen LogP) is 3.77. The lowest BCUT2D eigenvalue weighted by atomic mass is 9.95. The minimum absolute atomic E-state index is 0.289. The number of carbonyl (C=O) groups is 3. The van der Waals surface area contributed by atoms with Gasteiger partial charge >= 0.3 is 6.09 Å². The van der Waals surface area contributed by atoms with Crippen molar-refractivity contribution in [1.82, 2.24) is 15.5 Å². The molecular formula is C26H43N3O5. The van der Waals surface area contributed by atoms with Crippen molar-refractivity contribution >= 4 is 17.9 Å². The average molecular weight is 478 g/mol. The van der Waals surface area contributed by atoms with Gasteiger partial charge in [-0.3, -0.25) is 9.59 Å². The van der Waals surface area contributed by atoms with Gasteiger partial charge < -0.3 is 25.4 Å². The Balaban J connectivity index is 3.47. The number of aliphatic hydroxyl groups is 1. The number of alkyl carbamates (subject to hydrolysis) is 1. The van der Waals surface area contributed by atoms with Crippen molar-refractivity contribution < 1.29 is 24.2 Å². The Kier molecular flexibility index (Phi) is 10.6. The van der Waals surface area contributed by atoms with Crippen molar-refractivity contribution in [2.45, 2.75) is 98.4 Å². The van der Waals surface area contributed by atoms with Crippen LogP contribution in [-0.2, 0) is 14.3 Å². The van der Waals surface area contributed by atoms with Crippen LogP contribution in [-0.4, -0.2) is 58.2 Å². The number of ether oxygens (including phenoxy) is 1. The number of nitrogens with zero attached hydrogens (tertiary/aromatic N) is 1. The summed E-state index contributed by atoms with van der Waals surface area (Å²) in [6.07, 6.45) is 0.645. The Morgan fingerprint density at radius 3 is 2.18 bits per heavy atom. The van der Waals surface area contributed by atoms with E-state index in [1.54, 1.807) is 20.8 Å². The molecule has 2 unspecified atom stereocenters. The number of aliphatic hydroxyl groups excluding tert-OH is 1. The van der Waals surface area contributed by atoms with Gasteiger partial charge in [0.15, 0.2) is 0 Å². The van der Waals surface area contributed by atoms with Crippen LogP contribution >= 0.6 is 0 Å². The number of carbonyl (C=O) groups excluding carboxylic acids is 3. The van der Waals surface area contributed by atoms with E-state index < -0.39 is 41.8 Å². The maximum atomic E-state index is 13.7. The second-order valence-corrected chi connectivity index (χ2v) is 10.8. The van der Waals surface area contributed by atoms with Crippen LogP contribution in [0.3, 0.4) is 0 Å². The molecule has 0 aromatic heterocycles. The number of amides is 3. The molecular weight excluding hydrogens is 434 g/mol. The van der Waals surface area contributed by atoms with Crippen molar-refractivity contribution in [2.24, 2.45) is 0 Å². The first-order valence-corrected chi connectivity index (χ1v) is 11.9. The number of hydrogen-bond donors (Lipinski definition) is 3. The SMILES string of the molecule is CCCCN(C(=O)C(CO)NC(=O)OC(C)(C)C)C(C(=O)NC(C)(C)C)c1ccc(C)cc1C. The second kappa shape index (κ2) is 12.2. The van der Waals surface area contributed by atoms with Crippen LogP contribution in [0.2, 0.25) is 0 Å². The molecule has 0 aliphatic heterocycles. The molecule has 0 saturated heterocycles. The Morgan fingerprint density at radius 1 is 1.09 bits per heavy atom. The molecule has 8 nitrogen and oxygen atoms in total. The Labute approximate surface area is 204 Å². The van der Waals surface area contributed by atoms with Crippen LogP contribution in [0.1, 0.15) is 84.0 Å². The van der Waals surface area contributed by atoms with Gasteiger partial charge in [-0.05, 0) is 72.9 Å². The molecule has 8 heteroatoms. The molecule has 3 amide bonds. The van der Waals surface area contributed by atoms with E-state index >= 15 is 0 Å². The maximum absolute atomic E-state index is 13.7. The predicted molar refractivity (Wildman–Crippen MR) is 133 cm³/mol. The molecule has 0 aliphatic carbocycles. The quantitative estimate of drug-likeness (QED) is 0.502. The Hall–Kier alpha value is -2.61. The maximum Gasteiger partial charge on any atom is 0.408 e. The standard InChI is InChI=1S/C26H43N3O5/c1-10-11-14-29(23(32)20(16-30)27-24(33)34-26(7,8)9)21(22(31)28-25(4,5)6)19-13-12-17(2)15-18(19)3/h12-13,15,20-21,30H,10-11,14,16H2,1-9H3,(H,27,33)(H,28,31). The minimum Gasteiger partial charge on any atom is -0.444 e. The highest BCUT2D eigenvalue weighted by atomic mass is 16.6. The van der Waals surface area contributed by atoms with E-state index in [9.17, 15) is 19.5 Å². The Morgan fingerprint density at radius 2 is 1.71 bits per heavy atom. The van der Waals surface area contributed by atoms with Gasteiger partial charge in [0.1, 0.15) is 17.7 Å². The summed E-state index contributed by atoms with van der Waals surface area (Å²) in [5, 5.41) is 15.4. The van der Waals surface area contributed by atoms with E-state index in [-0.39, 0.29) is 12.5 Å². The summed E-state index contributed by atoms with van der Waals surface area (Å²) in [4.78, 5) is 41.0. The third kappa shape index (κ3) is 9.33. The fraction of sp³-hybridized carbons (Fsp3) is 0.654. The number of aryl methyl sites for hydroxylation is 2. The van der Waals surface area contributed by atoms with E-state index in [4.69, 9.17) is 4.74 Å². The average Bonchev–Trinajstić information content (AvgIpc) is 2.67. The molecule has 192 valence electrons. The highest BCUT2D eigenvalue weighted by Gasteiger charge is 2.37. The molecule has 1 aromatic rings. The lowest BCUT2D eigenvalue weighted by Gasteiger charge is -2.36. The van der Waals surface area contributed by atoms with Crippen molar-refractivity contribution in [2.75, 3.05) is 13.2 Å². The molecule has 2 atom stereocenters. The Bertz CT molecular complexity index is 855. The first kappa shape index (κ1) is 29.4. The number of benzene rings is 1. The van der Waals surface area contributed by atoms with Crippen LogP contribution in [0.5, 0.6) is 0 Å². The summed E-state index contributed by atoms with van der Waals surface area (Å²) in [7, 11) is 0.